The molecule has 5 heteroatoms. The third-order valence-corrected chi connectivity index (χ3v) is 4.92. The number of nitrogens with zero attached hydrogens (tertiary/aromatic N) is 1. The SMILES string of the molecule is CCc1cnc(CNC(=O)C2(CN)CCCC2)s1. The van der Waals surface area contributed by atoms with Gasteiger partial charge in [-0.3, -0.25) is 4.79 Å². The van der Waals surface area contributed by atoms with Gasteiger partial charge in [0, 0.05) is 17.6 Å². The average Bonchev–Trinajstić information content (AvgIpc) is 3.05. The van der Waals surface area contributed by atoms with Crippen LogP contribution in [0, 0.1) is 5.41 Å². The fourth-order valence-corrected chi connectivity index (χ4v) is 3.31. The van der Waals surface area contributed by atoms with Crippen LogP contribution in [-0.4, -0.2) is 17.4 Å². The van der Waals surface area contributed by atoms with Crippen LogP contribution in [0.5, 0.6) is 0 Å². The fourth-order valence-electron chi connectivity index (χ4n) is 2.51. The Kier molecular flexibility index (Phi) is 4.35. The summed E-state index contributed by atoms with van der Waals surface area (Å²) >= 11 is 1.67. The van der Waals surface area contributed by atoms with Gasteiger partial charge in [-0.15, -0.1) is 11.3 Å². The van der Waals surface area contributed by atoms with Crippen molar-refractivity contribution in [1.29, 1.82) is 0 Å². The second kappa shape index (κ2) is 5.80. The van der Waals surface area contributed by atoms with E-state index in [0.717, 1.165) is 37.1 Å². The number of rotatable bonds is 5. The Bertz CT molecular complexity index is 410. The molecule has 4 nitrogen and oxygen atoms in total. The van der Waals surface area contributed by atoms with E-state index in [-0.39, 0.29) is 11.3 Å². The Balaban J connectivity index is 1.91. The molecule has 0 atom stereocenters. The highest BCUT2D eigenvalue weighted by Gasteiger charge is 2.39. The van der Waals surface area contributed by atoms with E-state index in [1.165, 1.54) is 4.88 Å². The van der Waals surface area contributed by atoms with E-state index in [9.17, 15) is 4.79 Å². The highest BCUT2D eigenvalue weighted by atomic mass is 32.1. The molecule has 100 valence electrons. The van der Waals surface area contributed by atoms with E-state index < -0.39 is 0 Å². The van der Waals surface area contributed by atoms with Crippen LogP contribution in [0.2, 0.25) is 0 Å². The lowest BCUT2D eigenvalue weighted by molar-refractivity contribution is -0.130. The molecule has 2 rings (SSSR count). The zero-order chi connectivity index (χ0) is 13.0. The molecule has 0 bridgehead atoms. The minimum atomic E-state index is -0.315. The topological polar surface area (TPSA) is 68.0 Å². The van der Waals surface area contributed by atoms with Crippen molar-refractivity contribution in [3.8, 4) is 0 Å². The minimum Gasteiger partial charge on any atom is -0.349 e. The van der Waals surface area contributed by atoms with E-state index in [1.807, 2.05) is 6.20 Å². The Morgan fingerprint density at radius 1 is 1.56 bits per heavy atom. The summed E-state index contributed by atoms with van der Waals surface area (Å²) in [6.45, 7) is 3.10. The quantitative estimate of drug-likeness (QED) is 0.855. The zero-order valence-electron chi connectivity index (χ0n) is 10.9. The molecule has 0 aliphatic heterocycles. The lowest BCUT2D eigenvalue weighted by Gasteiger charge is -2.25. The second-order valence-electron chi connectivity index (χ2n) is 4.95. The van der Waals surface area contributed by atoms with Gasteiger partial charge in [-0.2, -0.15) is 0 Å². The summed E-state index contributed by atoms with van der Waals surface area (Å²) in [7, 11) is 0. The van der Waals surface area contributed by atoms with Crippen molar-refractivity contribution in [3.63, 3.8) is 0 Å². The lowest BCUT2D eigenvalue weighted by Crippen LogP contribution is -2.43. The number of nitrogens with two attached hydrogens (primary N) is 1. The zero-order valence-corrected chi connectivity index (χ0v) is 11.7. The van der Waals surface area contributed by atoms with Crippen LogP contribution in [0.1, 0.15) is 42.5 Å². The van der Waals surface area contributed by atoms with Gasteiger partial charge in [0.2, 0.25) is 5.91 Å². The summed E-state index contributed by atoms with van der Waals surface area (Å²) in [5, 5.41) is 3.98. The van der Waals surface area contributed by atoms with Gasteiger partial charge >= 0.3 is 0 Å². The van der Waals surface area contributed by atoms with Gasteiger partial charge < -0.3 is 11.1 Å². The normalized spacial score (nSPS) is 17.9. The van der Waals surface area contributed by atoms with Crippen molar-refractivity contribution >= 4 is 17.2 Å². The van der Waals surface area contributed by atoms with E-state index >= 15 is 0 Å². The first-order valence-corrected chi connectivity index (χ1v) is 7.44. The minimum absolute atomic E-state index is 0.107. The Hall–Kier alpha value is -0.940. The monoisotopic (exact) mass is 267 g/mol. The lowest BCUT2D eigenvalue weighted by atomic mass is 9.85. The van der Waals surface area contributed by atoms with Crippen molar-refractivity contribution in [2.75, 3.05) is 6.54 Å². The highest BCUT2D eigenvalue weighted by Crippen LogP contribution is 2.37. The maximum absolute atomic E-state index is 12.2. The number of nitrogens with one attached hydrogen (secondary N) is 1. The van der Waals surface area contributed by atoms with Gasteiger partial charge in [0.15, 0.2) is 0 Å². The highest BCUT2D eigenvalue weighted by molar-refractivity contribution is 7.11. The fraction of sp³-hybridized carbons (Fsp3) is 0.692. The van der Waals surface area contributed by atoms with Crippen molar-refractivity contribution < 1.29 is 4.79 Å². The third kappa shape index (κ3) is 2.72. The van der Waals surface area contributed by atoms with E-state index in [1.54, 1.807) is 11.3 Å². The molecule has 0 aromatic carbocycles. The summed E-state index contributed by atoms with van der Waals surface area (Å²) < 4.78 is 0. The number of aryl methyl sites for hydroxylation is 1. The number of aromatic nitrogens is 1. The van der Waals surface area contributed by atoms with Gasteiger partial charge in [-0.05, 0) is 19.3 Å². The molecule has 1 aliphatic carbocycles. The first kappa shape index (κ1) is 13.5. The first-order chi connectivity index (χ1) is 8.70. The van der Waals surface area contributed by atoms with Crippen LogP contribution in [0.25, 0.3) is 0 Å². The molecular weight excluding hydrogens is 246 g/mol. The smallest absolute Gasteiger partial charge is 0.227 e. The molecule has 1 amide bonds. The number of carbonyl (C=O) groups is 1. The van der Waals surface area contributed by atoms with Gasteiger partial charge in [0.25, 0.3) is 0 Å². The van der Waals surface area contributed by atoms with E-state index in [2.05, 4.69) is 17.2 Å². The van der Waals surface area contributed by atoms with Crippen LogP contribution in [0.15, 0.2) is 6.20 Å². The summed E-state index contributed by atoms with van der Waals surface area (Å²) in [5.41, 5.74) is 5.48. The summed E-state index contributed by atoms with van der Waals surface area (Å²) in [6.07, 6.45) is 6.96. The molecule has 0 radical (unpaired) electrons. The Morgan fingerprint density at radius 3 is 2.83 bits per heavy atom. The third-order valence-electron chi connectivity index (χ3n) is 3.78. The molecule has 1 heterocycles. The number of hydrogen-bond acceptors (Lipinski definition) is 4. The average molecular weight is 267 g/mol. The van der Waals surface area contributed by atoms with Crippen LogP contribution in [-0.2, 0) is 17.8 Å². The largest absolute Gasteiger partial charge is 0.349 e. The summed E-state index contributed by atoms with van der Waals surface area (Å²) in [4.78, 5) is 17.8. The standard InChI is InChI=1S/C13H21N3OS/c1-2-10-7-15-11(18-10)8-16-12(17)13(9-14)5-3-4-6-13/h7H,2-6,8-9,14H2,1H3,(H,16,17). The molecular formula is C13H21N3OS. The summed E-state index contributed by atoms with van der Waals surface area (Å²) in [5.74, 6) is 0.107. The van der Waals surface area contributed by atoms with Crippen LogP contribution in [0.3, 0.4) is 0 Å². The molecule has 1 saturated carbocycles. The van der Waals surface area contributed by atoms with Gasteiger partial charge in [0.05, 0.1) is 12.0 Å². The first-order valence-electron chi connectivity index (χ1n) is 6.62. The maximum atomic E-state index is 12.2. The van der Waals surface area contributed by atoms with Gasteiger partial charge in [-0.1, -0.05) is 19.8 Å². The molecule has 1 aromatic heterocycles. The van der Waals surface area contributed by atoms with Crippen LogP contribution < -0.4 is 11.1 Å². The number of carbonyl (C=O) groups excluding carboxylic acids is 1. The molecule has 1 aromatic rings. The molecule has 1 aliphatic rings. The van der Waals surface area contributed by atoms with Gasteiger partial charge in [-0.25, -0.2) is 4.98 Å². The van der Waals surface area contributed by atoms with Crippen LogP contribution in [0.4, 0.5) is 0 Å². The molecule has 1 fully saturated rings. The number of thiazole rings is 1. The number of hydrogen-bond donors (Lipinski definition) is 2. The molecule has 0 spiro atoms. The molecule has 18 heavy (non-hydrogen) atoms. The molecule has 0 unspecified atom stereocenters. The second-order valence-corrected chi connectivity index (χ2v) is 6.15. The predicted octanol–water partition coefficient (Wildman–Crippen LogP) is 1.84. The molecule has 0 saturated heterocycles. The van der Waals surface area contributed by atoms with Crippen molar-refractivity contribution in [1.82, 2.24) is 10.3 Å². The van der Waals surface area contributed by atoms with Crippen molar-refractivity contribution in [3.05, 3.63) is 16.1 Å². The van der Waals surface area contributed by atoms with Crippen molar-refractivity contribution in [2.24, 2.45) is 11.1 Å². The Morgan fingerprint density at radius 2 is 2.28 bits per heavy atom. The van der Waals surface area contributed by atoms with Crippen LogP contribution >= 0.6 is 11.3 Å². The summed E-state index contributed by atoms with van der Waals surface area (Å²) in [6, 6.07) is 0. The Labute approximate surface area is 112 Å². The van der Waals surface area contributed by atoms with E-state index in [0.29, 0.717) is 13.1 Å². The van der Waals surface area contributed by atoms with Crippen molar-refractivity contribution in [2.45, 2.75) is 45.6 Å². The van der Waals surface area contributed by atoms with E-state index in [4.69, 9.17) is 5.73 Å². The molecule has 3 N–H and O–H groups in total. The number of amides is 1. The van der Waals surface area contributed by atoms with Gasteiger partial charge in [0.1, 0.15) is 5.01 Å². The maximum Gasteiger partial charge on any atom is 0.227 e. The predicted molar refractivity (Wildman–Crippen MR) is 73.3 cm³/mol.